The summed E-state index contributed by atoms with van der Waals surface area (Å²) in [7, 11) is 0. The van der Waals surface area contributed by atoms with Gasteiger partial charge in [-0.3, -0.25) is 0 Å². The van der Waals surface area contributed by atoms with E-state index in [-0.39, 0.29) is 5.82 Å². The molecule has 1 unspecified atom stereocenters. The molecule has 0 spiro atoms. The van der Waals surface area contributed by atoms with Crippen LogP contribution in [0.2, 0.25) is 0 Å². The number of halogens is 1. The number of aryl methyl sites for hydroxylation is 1. The highest BCUT2D eigenvalue weighted by molar-refractivity contribution is 7.09. The van der Waals surface area contributed by atoms with E-state index in [1.165, 1.54) is 23.5 Å². The third-order valence-electron chi connectivity index (χ3n) is 2.45. The lowest BCUT2D eigenvalue weighted by molar-refractivity contribution is 0.177. The number of benzene rings is 1. The molecule has 0 amide bonds. The monoisotopic (exact) mass is 237 g/mol. The molecule has 2 rings (SSSR count). The standard InChI is InChI=1S/C12H12FNOS/c1-8-2-3-9(13)6-10(8)11(15)7-12-14-4-5-16-12/h2-6,11,15H,7H2,1H3. The van der Waals surface area contributed by atoms with E-state index in [1.54, 1.807) is 12.3 Å². The van der Waals surface area contributed by atoms with E-state index in [2.05, 4.69) is 4.98 Å². The number of aliphatic hydroxyl groups is 1. The normalized spacial score (nSPS) is 12.7. The van der Waals surface area contributed by atoms with Crippen LogP contribution in [-0.2, 0) is 6.42 Å². The summed E-state index contributed by atoms with van der Waals surface area (Å²) in [5.74, 6) is -0.321. The minimum absolute atomic E-state index is 0.321. The Hall–Kier alpha value is -1.26. The molecular formula is C12H12FNOS. The van der Waals surface area contributed by atoms with E-state index >= 15 is 0 Å². The smallest absolute Gasteiger partial charge is 0.123 e. The lowest BCUT2D eigenvalue weighted by Gasteiger charge is -2.12. The van der Waals surface area contributed by atoms with Gasteiger partial charge in [0, 0.05) is 18.0 Å². The van der Waals surface area contributed by atoms with E-state index < -0.39 is 6.10 Å². The van der Waals surface area contributed by atoms with Gasteiger partial charge in [0.25, 0.3) is 0 Å². The van der Waals surface area contributed by atoms with Crippen LogP contribution < -0.4 is 0 Å². The minimum atomic E-state index is -0.693. The van der Waals surface area contributed by atoms with Gasteiger partial charge in [-0.15, -0.1) is 11.3 Å². The summed E-state index contributed by atoms with van der Waals surface area (Å²) >= 11 is 1.49. The summed E-state index contributed by atoms with van der Waals surface area (Å²) in [5, 5.41) is 12.7. The van der Waals surface area contributed by atoms with Gasteiger partial charge in [0.05, 0.1) is 11.1 Å². The van der Waals surface area contributed by atoms with Crippen molar-refractivity contribution in [3.05, 3.63) is 51.7 Å². The molecule has 1 heterocycles. The van der Waals surface area contributed by atoms with Gasteiger partial charge in [0.15, 0.2) is 0 Å². The number of aliphatic hydroxyl groups excluding tert-OH is 1. The van der Waals surface area contributed by atoms with Gasteiger partial charge in [-0.05, 0) is 30.2 Å². The highest BCUT2D eigenvalue weighted by atomic mass is 32.1. The number of rotatable bonds is 3. The summed E-state index contributed by atoms with van der Waals surface area (Å²) < 4.78 is 13.1. The summed E-state index contributed by atoms with van der Waals surface area (Å²) in [6.07, 6.45) is 1.44. The predicted molar refractivity (Wildman–Crippen MR) is 61.9 cm³/mol. The molecule has 0 saturated heterocycles. The molecule has 0 bridgehead atoms. The highest BCUT2D eigenvalue weighted by Crippen LogP contribution is 2.23. The van der Waals surface area contributed by atoms with Gasteiger partial charge in [-0.2, -0.15) is 0 Å². The first-order chi connectivity index (χ1) is 7.66. The van der Waals surface area contributed by atoms with Gasteiger partial charge in [-0.1, -0.05) is 6.07 Å². The first-order valence-electron chi connectivity index (χ1n) is 4.99. The van der Waals surface area contributed by atoms with Gasteiger partial charge < -0.3 is 5.11 Å². The highest BCUT2D eigenvalue weighted by Gasteiger charge is 2.13. The summed E-state index contributed by atoms with van der Waals surface area (Å²) in [5.41, 5.74) is 1.53. The second-order valence-electron chi connectivity index (χ2n) is 3.65. The number of thiazole rings is 1. The molecule has 16 heavy (non-hydrogen) atoms. The Morgan fingerprint density at radius 1 is 1.50 bits per heavy atom. The first kappa shape index (κ1) is 11.2. The molecule has 0 saturated carbocycles. The zero-order valence-electron chi connectivity index (χ0n) is 8.85. The maximum Gasteiger partial charge on any atom is 0.123 e. The van der Waals surface area contributed by atoms with Crippen LogP contribution in [0.3, 0.4) is 0 Å². The number of hydrogen-bond acceptors (Lipinski definition) is 3. The van der Waals surface area contributed by atoms with E-state index in [0.717, 1.165) is 10.6 Å². The van der Waals surface area contributed by atoms with Crippen molar-refractivity contribution in [3.63, 3.8) is 0 Å². The molecule has 2 aromatic rings. The molecule has 2 nitrogen and oxygen atoms in total. The summed E-state index contributed by atoms with van der Waals surface area (Å²) in [6.45, 7) is 1.86. The Bertz CT molecular complexity index is 470. The number of hydrogen-bond donors (Lipinski definition) is 1. The van der Waals surface area contributed by atoms with Crippen LogP contribution in [-0.4, -0.2) is 10.1 Å². The zero-order valence-corrected chi connectivity index (χ0v) is 9.67. The van der Waals surface area contributed by atoms with Crippen molar-refractivity contribution in [1.82, 2.24) is 4.98 Å². The summed E-state index contributed by atoms with van der Waals surface area (Å²) in [6, 6.07) is 4.46. The van der Waals surface area contributed by atoms with E-state index in [4.69, 9.17) is 0 Å². The first-order valence-corrected chi connectivity index (χ1v) is 5.87. The average Bonchev–Trinajstić information content (AvgIpc) is 2.74. The Labute approximate surface area is 97.4 Å². The molecule has 1 atom stereocenters. The molecule has 1 N–H and O–H groups in total. The van der Waals surface area contributed by atoms with Crippen molar-refractivity contribution in [2.24, 2.45) is 0 Å². The van der Waals surface area contributed by atoms with Crippen molar-refractivity contribution in [2.75, 3.05) is 0 Å². The second-order valence-corrected chi connectivity index (χ2v) is 4.63. The Morgan fingerprint density at radius 3 is 3.00 bits per heavy atom. The molecule has 0 fully saturated rings. The molecular weight excluding hydrogens is 225 g/mol. The fraction of sp³-hybridized carbons (Fsp3) is 0.250. The van der Waals surface area contributed by atoms with Crippen LogP contribution in [0.15, 0.2) is 29.8 Å². The molecule has 0 radical (unpaired) electrons. The molecule has 0 aliphatic heterocycles. The van der Waals surface area contributed by atoms with Crippen molar-refractivity contribution in [3.8, 4) is 0 Å². The van der Waals surface area contributed by atoms with Crippen LogP contribution in [0.4, 0.5) is 4.39 Å². The Kier molecular flexibility index (Phi) is 3.31. The lowest BCUT2D eigenvalue weighted by atomic mass is 10.0. The van der Waals surface area contributed by atoms with Gasteiger partial charge in [-0.25, -0.2) is 9.37 Å². The van der Waals surface area contributed by atoms with Gasteiger partial charge in [0.1, 0.15) is 5.82 Å². The van der Waals surface area contributed by atoms with Crippen LogP contribution in [0.1, 0.15) is 22.2 Å². The van der Waals surface area contributed by atoms with Crippen LogP contribution in [0.25, 0.3) is 0 Å². The van der Waals surface area contributed by atoms with Crippen LogP contribution >= 0.6 is 11.3 Å². The van der Waals surface area contributed by atoms with Gasteiger partial charge in [0.2, 0.25) is 0 Å². The van der Waals surface area contributed by atoms with E-state index in [0.29, 0.717) is 12.0 Å². The van der Waals surface area contributed by atoms with Crippen molar-refractivity contribution < 1.29 is 9.50 Å². The maximum atomic E-state index is 13.1. The lowest BCUT2D eigenvalue weighted by Crippen LogP contribution is -2.04. The fourth-order valence-corrected chi connectivity index (χ4v) is 2.25. The van der Waals surface area contributed by atoms with Crippen molar-refractivity contribution >= 4 is 11.3 Å². The molecule has 1 aromatic heterocycles. The summed E-state index contributed by atoms with van der Waals surface area (Å²) in [4.78, 5) is 4.10. The van der Waals surface area contributed by atoms with Crippen LogP contribution in [0.5, 0.6) is 0 Å². The topological polar surface area (TPSA) is 33.1 Å². The second kappa shape index (κ2) is 4.72. The van der Waals surface area contributed by atoms with Crippen LogP contribution in [0, 0.1) is 12.7 Å². The molecule has 0 aliphatic rings. The van der Waals surface area contributed by atoms with Crippen molar-refractivity contribution in [1.29, 1.82) is 0 Å². The Morgan fingerprint density at radius 2 is 2.31 bits per heavy atom. The third-order valence-corrected chi connectivity index (χ3v) is 3.25. The largest absolute Gasteiger partial charge is 0.388 e. The minimum Gasteiger partial charge on any atom is -0.388 e. The SMILES string of the molecule is Cc1ccc(F)cc1C(O)Cc1nccs1. The third kappa shape index (κ3) is 2.46. The number of nitrogens with zero attached hydrogens (tertiary/aromatic N) is 1. The Balaban J connectivity index is 2.20. The maximum absolute atomic E-state index is 13.1. The predicted octanol–water partition coefficient (Wildman–Crippen LogP) is 2.87. The molecule has 84 valence electrons. The molecule has 4 heteroatoms. The van der Waals surface area contributed by atoms with Gasteiger partial charge >= 0.3 is 0 Å². The quantitative estimate of drug-likeness (QED) is 0.890. The van der Waals surface area contributed by atoms with Crippen molar-refractivity contribution in [2.45, 2.75) is 19.4 Å². The molecule has 0 aliphatic carbocycles. The number of aromatic nitrogens is 1. The average molecular weight is 237 g/mol. The fourth-order valence-electron chi connectivity index (χ4n) is 1.60. The molecule has 1 aromatic carbocycles. The van der Waals surface area contributed by atoms with E-state index in [9.17, 15) is 9.50 Å². The zero-order chi connectivity index (χ0) is 11.5. The van der Waals surface area contributed by atoms with E-state index in [1.807, 2.05) is 12.3 Å².